The number of amides is 4. The number of nitrogens with one attached hydrogen (secondary N) is 2. The number of hydrogen-bond donors (Lipinski definition) is 2. The lowest BCUT2D eigenvalue weighted by atomic mass is 10.1. The molecule has 4 amide bonds. The Morgan fingerprint density at radius 3 is 2.57 bits per heavy atom. The molecule has 1 atom stereocenters. The summed E-state index contributed by atoms with van der Waals surface area (Å²) in [5.74, 6) is -0.636. The van der Waals surface area contributed by atoms with Crippen molar-refractivity contribution in [3.8, 4) is 17.2 Å². The first-order valence-corrected chi connectivity index (χ1v) is 15.8. The molecule has 2 aliphatic heterocycles. The standard InChI is InChI=1S/C34H25Cl2N3O7S/c1-44-27-13-19(14-28-31(27)46-18-45-28)12-25(38-32(41)20-6-3-2-4-7-20)33(42)37-22-8-5-9-23(16-22)47-29-17-30(40)39(34(29)43)26-15-21(35)10-11-24(26)36/h2-16,29H,17-18H2,1H3,(H,37,42)(H,38,41)/b25-12-/t29-/m1/s1. The minimum atomic E-state index is -0.717. The lowest BCUT2D eigenvalue weighted by molar-refractivity contribution is -0.121. The Kier molecular flexibility index (Phi) is 9.39. The van der Waals surface area contributed by atoms with Crippen LogP contribution in [0.2, 0.25) is 10.0 Å². The van der Waals surface area contributed by atoms with Crippen LogP contribution in [0.25, 0.3) is 6.08 Å². The summed E-state index contributed by atoms with van der Waals surface area (Å²) in [6.45, 7) is 0.0261. The number of ether oxygens (including phenoxy) is 3. The normalized spacial score (nSPS) is 15.5. The van der Waals surface area contributed by atoms with Crippen LogP contribution in [0.4, 0.5) is 11.4 Å². The predicted molar refractivity (Wildman–Crippen MR) is 179 cm³/mol. The van der Waals surface area contributed by atoms with E-state index in [4.69, 9.17) is 37.4 Å². The van der Waals surface area contributed by atoms with Gasteiger partial charge in [0.25, 0.3) is 11.8 Å². The average Bonchev–Trinajstić information content (AvgIpc) is 3.65. The van der Waals surface area contributed by atoms with Crippen LogP contribution in [0.3, 0.4) is 0 Å². The van der Waals surface area contributed by atoms with Gasteiger partial charge in [-0.3, -0.25) is 19.2 Å². The fourth-order valence-corrected chi connectivity index (χ4v) is 6.44. The lowest BCUT2D eigenvalue weighted by Gasteiger charge is -2.17. The molecule has 47 heavy (non-hydrogen) atoms. The maximum atomic E-state index is 13.7. The van der Waals surface area contributed by atoms with Gasteiger partial charge in [-0.05, 0) is 72.3 Å². The third-order valence-electron chi connectivity index (χ3n) is 7.15. The van der Waals surface area contributed by atoms with Gasteiger partial charge >= 0.3 is 0 Å². The number of anilines is 2. The molecule has 1 saturated heterocycles. The SMILES string of the molecule is COc1cc(/C=C(\NC(=O)c2ccccc2)C(=O)Nc2cccc(S[C@@H]3CC(=O)N(c4cc(Cl)ccc4Cl)C3=O)c2)cc2c1OCO2. The molecule has 4 aromatic carbocycles. The van der Waals surface area contributed by atoms with Crippen molar-refractivity contribution in [2.45, 2.75) is 16.6 Å². The van der Waals surface area contributed by atoms with Gasteiger partial charge in [-0.15, -0.1) is 11.8 Å². The molecular formula is C34H25Cl2N3O7S. The molecular weight excluding hydrogens is 665 g/mol. The minimum absolute atomic E-state index is 0.0261. The summed E-state index contributed by atoms with van der Waals surface area (Å²) in [4.78, 5) is 54.6. The van der Waals surface area contributed by atoms with Gasteiger partial charge in [-0.2, -0.15) is 0 Å². The van der Waals surface area contributed by atoms with Crippen molar-refractivity contribution in [1.29, 1.82) is 0 Å². The van der Waals surface area contributed by atoms with E-state index in [1.807, 2.05) is 0 Å². The number of nitrogens with zero attached hydrogens (tertiary/aromatic N) is 1. The highest BCUT2D eigenvalue weighted by atomic mass is 35.5. The molecule has 238 valence electrons. The highest BCUT2D eigenvalue weighted by Gasteiger charge is 2.41. The Morgan fingerprint density at radius 1 is 0.979 bits per heavy atom. The molecule has 1 fully saturated rings. The molecule has 4 aromatic rings. The van der Waals surface area contributed by atoms with Crippen molar-refractivity contribution < 1.29 is 33.4 Å². The zero-order chi connectivity index (χ0) is 33.1. The Balaban J connectivity index is 1.23. The van der Waals surface area contributed by atoms with Crippen molar-refractivity contribution in [1.82, 2.24) is 5.32 Å². The maximum absolute atomic E-state index is 13.7. The summed E-state index contributed by atoms with van der Waals surface area (Å²) in [5.41, 5.74) is 1.45. The molecule has 0 radical (unpaired) electrons. The molecule has 0 aliphatic carbocycles. The first-order valence-electron chi connectivity index (χ1n) is 14.2. The Hall–Kier alpha value is -4.97. The van der Waals surface area contributed by atoms with Gasteiger partial charge in [0.1, 0.15) is 5.70 Å². The van der Waals surface area contributed by atoms with Gasteiger partial charge in [-0.25, -0.2) is 4.90 Å². The van der Waals surface area contributed by atoms with Crippen molar-refractivity contribution >= 4 is 76.0 Å². The second-order valence-corrected chi connectivity index (χ2v) is 12.4. The van der Waals surface area contributed by atoms with Crippen molar-refractivity contribution in [3.05, 3.63) is 112 Å². The molecule has 0 unspecified atom stereocenters. The highest BCUT2D eigenvalue weighted by molar-refractivity contribution is 8.00. The third kappa shape index (κ3) is 7.07. The summed E-state index contributed by atoms with van der Waals surface area (Å²) in [7, 11) is 1.49. The van der Waals surface area contributed by atoms with Crippen LogP contribution >= 0.6 is 35.0 Å². The number of fused-ring (bicyclic) bond motifs is 1. The largest absolute Gasteiger partial charge is 0.493 e. The van der Waals surface area contributed by atoms with Gasteiger partial charge < -0.3 is 24.8 Å². The fourth-order valence-electron chi connectivity index (χ4n) is 4.96. The summed E-state index contributed by atoms with van der Waals surface area (Å²) < 4.78 is 16.4. The maximum Gasteiger partial charge on any atom is 0.272 e. The zero-order valence-corrected chi connectivity index (χ0v) is 26.9. The van der Waals surface area contributed by atoms with Gasteiger partial charge in [0, 0.05) is 27.6 Å². The predicted octanol–water partition coefficient (Wildman–Crippen LogP) is 6.56. The molecule has 2 heterocycles. The van der Waals surface area contributed by atoms with Crippen molar-refractivity contribution in [2.24, 2.45) is 0 Å². The van der Waals surface area contributed by atoms with Gasteiger partial charge in [0.2, 0.25) is 24.4 Å². The number of benzene rings is 4. The van der Waals surface area contributed by atoms with Crippen LogP contribution in [0.1, 0.15) is 22.3 Å². The number of carbonyl (C=O) groups is 4. The van der Waals surface area contributed by atoms with E-state index in [9.17, 15) is 19.2 Å². The number of hydrogen-bond acceptors (Lipinski definition) is 8. The Morgan fingerprint density at radius 2 is 1.79 bits per heavy atom. The monoisotopic (exact) mass is 689 g/mol. The number of methoxy groups -OCH3 is 1. The minimum Gasteiger partial charge on any atom is -0.493 e. The van der Waals surface area contributed by atoms with Gasteiger partial charge in [0.05, 0.1) is 23.1 Å². The lowest BCUT2D eigenvalue weighted by Crippen LogP contribution is -2.31. The number of imide groups is 1. The third-order valence-corrected chi connectivity index (χ3v) is 8.88. The summed E-state index contributed by atoms with van der Waals surface area (Å²) in [6.07, 6.45) is 1.46. The van der Waals surface area contributed by atoms with Gasteiger partial charge in [0.15, 0.2) is 11.5 Å². The van der Waals surface area contributed by atoms with Crippen LogP contribution in [-0.4, -0.2) is 42.8 Å². The van der Waals surface area contributed by atoms with E-state index < -0.39 is 28.9 Å². The molecule has 0 bridgehead atoms. The smallest absolute Gasteiger partial charge is 0.272 e. The molecule has 0 spiro atoms. The summed E-state index contributed by atoms with van der Waals surface area (Å²) in [5, 5.41) is 5.38. The zero-order valence-electron chi connectivity index (χ0n) is 24.6. The molecule has 13 heteroatoms. The molecule has 0 saturated carbocycles. The number of halogens is 2. The summed E-state index contributed by atoms with van der Waals surface area (Å²) in [6, 6.07) is 23.2. The van der Waals surface area contributed by atoms with E-state index in [0.717, 1.165) is 4.90 Å². The number of carbonyl (C=O) groups excluding carboxylic acids is 4. The van der Waals surface area contributed by atoms with Crippen LogP contribution in [0, 0.1) is 0 Å². The second-order valence-electron chi connectivity index (χ2n) is 10.3. The van der Waals surface area contributed by atoms with Crippen LogP contribution in [0.15, 0.2) is 95.5 Å². The summed E-state index contributed by atoms with van der Waals surface area (Å²) >= 11 is 13.5. The van der Waals surface area contributed by atoms with Crippen LogP contribution < -0.4 is 29.7 Å². The van der Waals surface area contributed by atoms with E-state index in [1.165, 1.54) is 37.1 Å². The molecule has 6 rings (SSSR count). The van der Waals surface area contributed by atoms with Crippen LogP contribution in [-0.2, 0) is 14.4 Å². The Bertz CT molecular complexity index is 1940. The van der Waals surface area contributed by atoms with Crippen molar-refractivity contribution in [3.63, 3.8) is 0 Å². The highest BCUT2D eigenvalue weighted by Crippen LogP contribution is 2.42. The first-order chi connectivity index (χ1) is 22.7. The van der Waals surface area contributed by atoms with Gasteiger partial charge in [-0.1, -0.05) is 47.5 Å². The average molecular weight is 691 g/mol. The van der Waals surface area contributed by atoms with Crippen molar-refractivity contribution in [2.75, 3.05) is 24.1 Å². The quantitative estimate of drug-likeness (QED) is 0.150. The topological polar surface area (TPSA) is 123 Å². The van der Waals surface area contributed by atoms with E-state index in [2.05, 4.69) is 10.6 Å². The van der Waals surface area contributed by atoms with E-state index >= 15 is 0 Å². The van der Waals surface area contributed by atoms with E-state index in [0.29, 0.717) is 44.0 Å². The first kappa shape index (κ1) is 32.0. The molecule has 10 nitrogen and oxygen atoms in total. The molecule has 0 aromatic heterocycles. The molecule has 2 N–H and O–H groups in total. The molecule has 2 aliphatic rings. The van der Waals surface area contributed by atoms with E-state index in [-0.39, 0.29) is 29.6 Å². The second kappa shape index (κ2) is 13.8. The Labute approximate surface area is 283 Å². The fraction of sp³-hybridized carbons (Fsp3) is 0.118. The van der Waals surface area contributed by atoms with E-state index in [1.54, 1.807) is 72.8 Å². The van der Waals surface area contributed by atoms with Crippen LogP contribution in [0.5, 0.6) is 17.2 Å². The number of thioether (sulfide) groups is 1. The number of rotatable bonds is 9.